The maximum Gasteiger partial charge on any atom is 0.283 e. The summed E-state index contributed by atoms with van der Waals surface area (Å²) >= 11 is 8.33. The van der Waals surface area contributed by atoms with Gasteiger partial charge in [0.25, 0.3) is 5.69 Å². The van der Waals surface area contributed by atoms with Gasteiger partial charge >= 0.3 is 0 Å². The lowest BCUT2D eigenvalue weighted by atomic mass is 10.2. The molecule has 0 aromatic heterocycles. The SMILES string of the molecule is O=[N+]([O-])c1cccc(CSc2ccc(Br)cc2)c1Br. The summed E-state index contributed by atoms with van der Waals surface area (Å²) < 4.78 is 1.60. The summed E-state index contributed by atoms with van der Waals surface area (Å²) in [5.74, 6) is 0.684. The van der Waals surface area contributed by atoms with Crippen LogP contribution in [0.4, 0.5) is 5.69 Å². The molecule has 19 heavy (non-hydrogen) atoms. The zero-order valence-corrected chi connectivity index (χ0v) is 13.7. The normalized spacial score (nSPS) is 10.4. The predicted molar refractivity (Wildman–Crippen MR) is 84.5 cm³/mol. The molecular formula is C13H9Br2NO2S. The van der Waals surface area contributed by atoms with Crippen molar-refractivity contribution in [2.45, 2.75) is 10.6 Å². The number of rotatable bonds is 4. The number of halogens is 2. The molecule has 0 saturated heterocycles. The van der Waals surface area contributed by atoms with E-state index >= 15 is 0 Å². The Labute approximate surface area is 131 Å². The molecule has 0 atom stereocenters. The Morgan fingerprint density at radius 2 is 1.79 bits per heavy atom. The molecule has 0 heterocycles. The second-order valence-corrected chi connectivity index (χ2v) is 6.51. The summed E-state index contributed by atoms with van der Waals surface area (Å²) in [6.07, 6.45) is 0. The van der Waals surface area contributed by atoms with E-state index in [9.17, 15) is 10.1 Å². The van der Waals surface area contributed by atoms with E-state index in [0.717, 1.165) is 14.9 Å². The van der Waals surface area contributed by atoms with Gasteiger partial charge in [-0.3, -0.25) is 10.1 Å². The van der Waals surface area contributed by atoms with Crippen molar-refractivity contribution in [1.82, 2.24) is 0 Å². The number of thioether (sulfide) groups is 1. The largest absolute Gasteiger partial charge is 0.283 e. The van der Waals surface area contributed by atoms with E-state index in [1.54, 1.807) is 17.8 Å². The van der Waals surface area contributed by atoms with Crippen LogP contribution in [0.1, 0.15) is 5.56 Å². The second kappa shape index (κ2) is 6.54. The van der Waals surface area contributed by atoms with Gasteiger partial charge in [0.2, 0.25) is 0 Å². The van der Waals surface area contributed by atoms with Gasteiger partial charge in [-0.2, -0.15) is 0 Å². The van der Waals surface area contributed by atoms with E-state index in [2.05, 4.69) is 31.9 Å². The van der Waals surface area contributed by atoms with Crippen LogP contribution in [0.5, 0.6) is 0 Å². The smallest absolute Gasteiger partial charge is 0.258 e. The van der Waals surface area contributed by atoms with Gasteiger partial charge in [0, 0.05) is 21.2 Å². The fraction of sp³-hybridized carbons (Fsp3) is 0.0769. The number of nitro benzene ring substituents is 1. The molecule has 0 bridgehead atoms. The standard InChI is InChI=1S/C13H9Br2NO2S/c14-10-4-6-11(7-5-10)19-8-9-2-1-3-12(13(9)15)16(17)18/h1-7H,8H2. The zero-order valence-electron chi connectivity index (χ0n) is 9.68. The van der Waals surface area contributed by atoms with Gasteiger partial charge in [0.05, 0.1) is 9.40 Å². The molecule has 0 fully saturated rings. The van der Waals surface area contributed by atoms with Crippen molar-refractivity contribution in [2.75, 3.05) is 0 Å². The Balaban J connectivity index is 2.13. The Morgan fingerprint density at radius 3 is 2.42 bits per heavy atom. The predicted octanol–water partition coefficient (Wildman–Crippen LogP) is 5.41. The minimum atomic E-state index is -0.377. The third-order valence-electron chi connectivity index (χ3n) is 2.46. The van der Waals surface area contributed by atoms with E-state index in [4.69, 9.17) is 0 Å². The van der Waals surface area contributed by atoms with Crippen LogP contribution in [0.25, 0.3) is 0 Å². The van der Waals surface area contributed by atoms with Crippen molar-refractivity contribution in [3.8, 4) is 0 Å². The van der Waals surface area contributed by atoms with Gasteiger partial charge in [-0.05, 0) is 45.8 Å². The van der Waals surface area contributed by atoms with Gasteiger partial charge < -0.3 is 0 Å². The third kappa shape index (κ3) is 3.81. The molecule has 98 valence electrons. The second-order valence-electron chi connectivity index (χ2n) is 3.75. The highest BCUT2D eigenvalue weighted by atomic mass is 79.9. The average Bonchev–Trinajstić information content (AvgIpc) is 2.39. The number of nitrogens with zero attached hydrogens (tertiary/aromatic N) is 1. The molecule has 0 aliphatic heterocycles. The van der Waals surface area contributed by atoms with Crippen LogP contribution >= 0.6 is 43.6 Å². The van der Waals surface area contributed by atoms with Gasteiger partial charge in [-0.25, -0.2) is 0 Å². The molecule has 0 N–H and O–H groups in total. The van der Waals surface area contributed by atoms with Crippen LogP contribution < -0.4 is 0 Å². The van der Waals surface area contributed by atoms with Crippen molar-refractivity contribution >= 4 is 49.3 Å². The zero-order chi connectivity index (χ0) is 13.8. The maximum atomic E-state index is 10.8. The molecule has 3 nitrogen and oxygen atoms in total. The molecule has 0 amide bonds. The quantitative estimate of drug-likeness (QED) is 0.390. The highest BCUT2D eigenvalue weighted by molar-refractivity contribution is 9.11. The molecule has 0 saturated carbocycles. The summed E-state index contributed by atoms with van der Waals surface area (Å²) in [5, 5.41) is 10.8. The lowest BCUT2D eigenvalue weighted by Gasteiger charge is -2.05. The number of benzene rings is 2. The molecule has 0 aliphatic carbocycles. The summed E-state index contributed by atoms with van der Waals surface area (Å²) in [4.78, 5) is 11.6. The summed E-state index contributed by atoms with van der Waals surface area (Å²) in [7, 11) is 0. The minimum absolute atomic E-state index is 0.105. The topological polar surface area (TPSA) is 43.1 Å². The summed E-state index contributed by atoms with van der Waals surface area (Å²) in [5.41, 5.74) is 1.02. The van der Waals surface area contributed by atoms with Gasteiger partial charge in [-0.1, -0.05) is 28.1 Å². The lowest BCUT2D eigenvalue weighted by Crippen LogP contribution is -1.92. The first-order valence-electron chi connectivity index (χ1n) is 5.38. The van der Waals surface area contributed by atoms with Gasteiger partial charge in [0.15, 0.2) is 0 Å². The molecule has 0 unspecified atom stereocenters. The maximum absolute atomic E-state index is 10.8. The van der Waals surface area contributed by atoms with Crippen molar-refractivity contribution in [1.29, 1.82) is 0 Å². The number of nitro groups is 1. The van der Waals surface area contributed by atoms with E-state index in [1.807, 2.05) is 30.3 Å². The van der Waals surface area contributed by atoms with E-state index in [-0.39, 0.29) is 10.6 Å². The molecule has 2 aromatic rings. The molecule has 0 spiro atoms. The number of hydrogen-bond acceptors (Lipinski definition) is 3. The van der Waals surface area contributed by atoms with Crippen LogP contribution in [0.3, 0.4) is 0 Å². The first-order valence-corrected chi connectivity index (χ1v) is 7.95. The lowest BCUT2D eigenvalue weighted by molar-refractivity contribution is -0.385. The highest BCUT2D eigenvalue weighted by Gasteiger charge is 2.14. The van der Waals surface area contributed by atoms with Gasteiger partial charge in [0.1, 0.15) is 0 Å². The summed E-state index contributed by atoms with van der Waals surface area (Å²) in [6.45, 7) is 0. The van der Waals surface area contributed by atoms with Crippen LogP contribution in [-0.2, 0) is 5.75 Å². The van der Waals surface area contributed by atoms with Crippen molar-refractivity contribution < 1.29 is 4.92 Å². The average molecular weight is 403 g/mol. The highest BCUT2D eigenvalue weighted by Crippen LogP contribution is 2.32. The molecule has 2 rings (SSSR count). The van der Waals surface area contributed by atoms with Crippen molar-refractivity contribution in [3.05, 3.63) is 67.1 Å². The molecule has 0 aliphatic rings. The van der Waals surface area contributed by atoms with E-state index in [1.165, 1.54) is 6.07 Å². The molecule has 6 heteroatoms. The Bertz CT molecular complexity index is 602. The Hall–Kier alpha value is -0.850. The Kier molecular flexibility index (Phi) is 5.01. The summed E-state index contributed by atoms with van der Waals surface area (Å²) in [6, 6.07) is 13.1. The molecule has 0 radical (unpaired) electrons. The van der Waals surface area contributed by atoms with E-state index in [0.29, 0.717) is 10.2 Å². The van der Waals surface area contributed by atoms with Gasteiger partial charge in [-0.15, -0.1) is 11.8 Å². The fourth-order valence-electron chi connectivity index (χ4n) is 1.51. The third-order valence-corrected chi connectivity index (χ3v) is 4.97. The first kappa shape index (κ1) is 14.6. The number of hydrogen-bond donors (Lipinski definition) is 0. The Morgan fingerprint density at radius 1 is 1.11 bits per heavy atom. The van der Waals surface area contributed by atoms with Crippen LogP contribution in [0.15, 0.2) is 56.3 Å². The first-order chi connectivity index (χ1) is 9.08. The minimum Gasteiger partial charge on any atom is -0.258 e. The van der Waals surface area contributed by atoms with Crippen LogP contribution in [0, 0.1) is 10.1 Å². The van der Waals surface area contributed by atoms with Crippen molar-refractivity contribution in [3.63, 3.8) is 0 Å². The molecular weight excluding hydrogens is 394 g/mol. The van der Waals surface area contributed by atoms with E-state index < -0.39 is 0 Å². The van der Waals surface area contributed by atoms with Crippen molar-refractivity contribution in [2.24, 2.45) is 0 Å². The fourth-order valence-corrected chi connectivity index (χ4v) is 3.40. The monoisotopic (exact) mass is 401 g/mol. The van der Waals surface area contributed by atoms with Crippen LogP contribution in [0.2, 0.25) is 0 Å². The van der Waals surface area contributed by atoms with Crippen LogP contribution in [-0.4, -0.2) is 4.92 Å². The molecule has 2 aromatic carbocycles.